The van der Waals surface area contributed by atoms with E-state index in [1.54, 1.807) is 25.3 Å². The summed E-state index contributed by atoms with van der Waals surface area (Å²) in [6, 6.07) is 13.0. The number of anilines is 1. The van der Waals surface area contributed by atoms with Gasteiger partial charge in [-0.2, -0.15) is 0 Å². The highest BCUT2D eigenvalue weighted by Gasteiger charge is 2.28. The summed E-state index contributed by atoms with van der Waals surface area (Å²) in [5.41, 5.74) is 4.39. The van der Waals surface area contributed by atoms with E-state index in [1.165, 1.54) is 16.7 Å². The normalized spacial score (nSPS) is 15.7. The van der Waals surface area contributed by atoms with E-state index in [4.69, 9.17) is 12.2 Å². The molecule has 1 fully saturated rings. The van der Waals surface area contributed by atoms with Crippen LogP contribution in [0.15, 0.2) is 47.4 Å². The Kier molecular flexibility index (Phi) is 5.25. The van der Waals surface area contributed by atoms with E-state index in [2.05, 4.69) is 5.32 Å². The van der Waals surface area contributed by atoms with Gasteiger partial charge in [0.1, 0.15) is 4.32 Å². The first-order chi connectivity index (χ1) is 12.3. The van der Waals surface area contributed by atoms with E-state index in [9.17, 15) is 9.59 Å². The van der Waals surface area contributed by atoms with Crippen LogP contribution in [0.5, 0.6) is 0 Å². The van der Waals surface area contributed by atoms with Gasteiger partial charge in [-0.1, -0.05) is 53.8 Å². The van der Waals surface area contributed by atoms with Crippen LogP contribution in [0.25, 0.3) is 6.08 Å². The molecule has 1 saturated heterocycles. The maximum Gasteiger partial charge on any atom is 0.265 e. The lowest BCUT2D eigenvalue weighted by molar-refractivity contribution is -0.121. The number of likely N-dealkylation sites (N-methyl/N-ethyl adjacent to an activating group) is 1. The Balaban J connectivity index is 1.74. The molecule has 1 heterocycles. The second kappa shape index (κ2) is 7.43. The van der Waals surface area contributed by atoms with Crippen molar-refractivity contribution in [1.29, 1.82) is 0 Å². The van der Waals surface area contributed by atoms with Crippen LogP contribution in [-0.4, -0.2) is 28.1 Å². The van der Waals surface area contributed by atoms with Crippen molar-refractivity contribution < 1.29 is 9.59 Å². The average molecular weight is 383 g/mol. The quantitative estimate of drug-likeness (QED) is 0.632. The van der Waals surface area contributed by atoms with E-state index in [0.29, 0.717) is 14.8 Å². The van der Waals surface area contributed by atoms with Crippen LogP contribution in [-0.2, 0) is 4.79 Å². The van der Waals surface area contributed by atoms with Gasteiger partial charge >= 0.3 is 0 Å². The highest BCUT2D eigenvalue weighted by molar-refractivity contribution is 8.26. The summed E-state index contributed by atoms with van der Waals surface area (Å²) < 4.78 is 0.547. The lowest BCUT2D eigenvalue weighted by atomic mass is 10.1. The lowest BCUT2D eigenvalue weighted by Gasteiger charge is -2.09. The highest BCUT2D eigenvalue weighted by Crippen LogP contribution is 2.31. The van der Waals surface area contributed by atoms with Crippen molar-refractivity contribution in [3.63, 3.8) is 0 Å². The SMILES string of the molecule is Cc1ccc(NC(=O)c2ccc(C=C3SC(=S)N(C)C3=O)cc2)c(C)c1. The summed E-state index contributed by atoms with van der Waals surface area (Å²) >= 11 is 6.40. The number of amides is 2. The third kappa shape index (κ3) is 3.86. The molecule has 2 aromatic rings. The lowest BCUT2D eigenvalue weighted by Crippen LogP contribution is -2.22. The molecule has 2 amide bonds. The number of carbonyl (C=O) groups is 2. The van der Waals surface area contributed by atoms with Crippen molar-refractivity contribution in [2.45, 2.75) is 13.8 Å². The monoisotopic (exact) mass is 382 g/mol. The summed E-state index contributed by atoms with van der Waals surface area (Å²) in [6.07, 6.45) is 1.79. The van der Waals surface area contributed by atoms with E-state index >= 15 is 0 Å². The molecule has 0 aliphatic carbocycles. The smallest absolute Gasteiger partial charge is 0.265 e. The number of thioether (sulfide) groups is 1. The summed E-state index contributed by atoms with van der Waals surface area (Å²) in [7, 11) is 1.67. The number of hydrogen-bond donors (Lipinski definition) is 1. The van der Waals surface area contributed by atoms with Gasteiger partial charge in [0.25, 0.3) is 11.8 Å². The molecular formula is C20H18N2O2S2. The highest BCUT2D eigenvalue weighted by atomic mass is 32.2. The molecule has 0 radical (unpaired) electrons. The first kappa shape index (κ1) is 18.4. The minimum atomic E-state index is -0.164. The number of aryl methyl sites for hydroxylation is 2. The van der Waals surface area contributed by atoms with Crippen LogP contribution in [0.3, 0.4) is 0 Å². The zero-order valence-electron chi connectivity index (χ0n) is 14.7. The molecule has 0 aromatic heterocycles. The predicted molar refractivity (Wildman–Crippen MR) is 111 cm³/mol. The number of thiocarbonyl (C=S) groups is 1. The second-order valence-electron chi connectivity index (χ2n) is 6.14. The van der Waals surface area contributed by atoms with Crippen molar-refractivity contribution in [3.8, 4) is 0 Å². The summed E-state index contributed by atoms with van der Waals surface area (Å²) in [4.78, 5) is 26.5. The Hall–Kier alpha value is -2.44. The topological polar surface area (TPSA) is 49.4 Å². The van der Waals surface area contributed by atoms with Crippen molar-refractivity contribution in [3.05, 3.63) is 69.6 Å². The number of rotatable bonds is 3. The number of carbonyl (C=O) groups excluding carboxylic acids is 2. The van der Waals surface area contributed by atoms with Gasteiger partial charge in [0.2, 0.25) is 0 Å². The van der Waals surface area contributed by atoms with E-state index in [0.717, 1.165) is 22.4 Å². The third-order valence-corrected chi connectivity index (χ3v) is 5.57. The van der Waals surface area contributed by atoms with Gasteiger partial charge in [-0.25, -0.2) is 0 Å². The Morgan fingerprint density at radius 1 is 1.15 bits per heavy atom. The van der Waals surface area contributed by atoms with E-state index in [-0.39, 0.29) is 11.8 Å². The molecular weight excluding hydrogens is 364 g/mol. The van der Waals surface area contributed by atoms with Crippen molar-refractivity contribution >= 4 is 51.9 Å². The van der Waals surface area contributed by atoms with Crippen LogP contribution >= 0.6 is 24.0 Å². The van der Waals surface area contributed by atoms with Gasteiger partial charge in [0.15, 0.2) is 0 Å². The average Bonchev–Trinajstić information content (AvgIpc) is 2.85. The van der Waals surface area contributed by atoms with Crippen LogP contribution in [0.2, 0.25) is 0 Å². The molecule has 0 bridgehead atoms. The number of benzene rings is 2. The third-order valence-electron chi connectivity index (χ3n) is 4.09. The molecule has 3 rings (SSSR count). The fourth-order valence-electron chi connectivity index (χ4n) is 2.58. The Morgan fingerprint density at radius 2 is 1.85 bits per heavy atom. The minimum Gasteiger partial charge on any atom is -0.322 e. The van der Waals surface area contributed by atoms with Crippen LogP contribution in [0.4, 0.5) is 5.69 Å². The zero-order chi connectivity index (χ0) is 18.8. The molecule has 2 aromatic carbocycles. The largest absolute Gasteiger partial charge is 0.322 e. The standard InChI is InChI=1S/C20H18N2O2S2/c1-12-4-9-16(13(2)10-12)21-18(23)15-7-5-14(6-8-15)11-17-19(24)22(3)20(25)26-17/h4-11H,1-3H3,(H,21,23). The van der Waals surface area contributed by atoms with Crippen LogP contribution < -0.4 is 5.32 Å². The van der Waals surface area contributed by atoms with Gasteiger partial charge in [0, 0.05) is 18.3 Å². The van der Waals surface area contributed by atoms with E-state index < -0.39 is 0 Å². The predicted octanol–water partition coefficient (Wildman–Crippen LogP) is 4.39. The van der Waals surface area contributed by atoms with Gasteiger partial charge in [0.05, 0.1) is 4.91 Å². The van der Waals surface area contributed by atoms with Gasteiger partial charge in [-0.15, -0.1) is 0 Å². The molecule has 1 aliphatic heterocycles. The summed E-state index contributed by atoms with van der Waals surface area (Å²) in [5, 5.41) is 2.93. The summed E-state index contributed by atoms with van der Waals surface area (Å²) in [6.45, 7) is 3.99. The zero-order valence-corrected chi connectivity index (χ0v) is 16.3. The fourth-order valence-corrected chi connectivity index (χ4v) is 3.76. The van der Waals surface area contributed by atoms with Gasteiger partial charge in [-0.3, -0.25) is 14.5 Å². The second-order valence-corrected chi connectivity index (χ2v) is 7.81. The molecule has 0 atom stereocenters. The van der Waals surface area contributed by atoms with Crippen molar-refractivity contribution in [1.82, 2.24) is 4.90 Å². The van der Waals surface area contributed by atoms with Crippen LogP contribution in [0, 0.1) is 13.8 Å². The molecule has 0 unspecified atom stereocenters. The summed E-state index contributed by atoms with van der Waals surface area (Å²) in [5.74, 6) is -0.264. The molecule has 26 heavy (non-hydrogen) atoms. The fraction of sp³-hybridized carbons (Fsp3) is 0.150. The number of nitrogens with one attached hydrogen (secondary N) is 1. The minimum absolute atomic E-state index is 0.100. The molecule has 132 valence electrons. The Morgan fingerprint density at radius 3 is 2.42 bits per heavy atom. The van der Waals surface area contributed by atoms with Crippen molar-refractivity contribution in [2.75, 3.05) is 12.4 Å². The Bertz CT molecular complexity index is 933. The van der Waals surface area contributed by atoms with Gasteiger partial charge < -0.3 is 5.32 Å². The molecule has 1 N–H and O–H groups in total. The molecule has 6 heteroatoms. The molecule has 1 aliphatic rings. The van der Waals surface area contributed by atoms with Crippen LogP contribution in [0.1, 0.15) is 27.0 Å². The molecule has 0 spiro atoms. The number of hydrogen-bond acceptors (Lipinski definition) is 4. The molecule has 0 saturated carbocycles. The first-order valence-corrected chi connectivity index (χ1v) is 9.28. The maximum atomic E-state index is 12.4. The molecule has 4 nitrogen and oxygen atoms in total. The maximum absolute atomic E-state index is 12.4. The van der Waals surface area contributed by atoms with E-state index in [1.807, 2.05) is 44.2 Å². The van der Waals surface area contributed by atoms with Crippen molar-refractivity contribution in [2.24, 2.45) is 0 Å². The number of nitrogens with zero attached hydrogens (tertiary/aromatic N) is 1. The Labute approximate surface area is 162 Å². The first-order valence-electron chi connectivity index (χ1n) is 8.05. The van der Waals surface area contributed by atoms with Gasteiger partial charge in [-0.05, 0) is 49.2 Å².